The van der Waals surface area contributed by atoms with Crippen molar-refractivity contribution in [1.82, 2.24) is 10.6 Å². The van der Waals surface area contributed by atoms with Gasteiger partial charge in [-0.25, -0.2) is 4.79 Å². The quantitative estimate of drug-likeness (QED) is 0.673. The smallest absolute Gasteiger partial charge is 0.322 e. The molecule has 1 aliphatic heterocycles. The van der Waals surface area contributed by atoms with Crippen LogP contribution in [0.2, 0.25) is 0 Å². The number of phenolic OH excluding ortho intramolecular Hbond substituents is 1. The summed E-state index contributed by atoms with van der Waals surface area (Å²) >= 11 is 0. The molecule has 0 radical (unpaired) electrons. The van der Waals surface area contributed by atoms with E-state index in [4.69, 9.17) is 4.74 Å². The van der Waals surface area contributed by atoms with Gasteiger partial charge in [0.05, 0.1) is 6.61 Å². The van der Waals surface area contributed by atoms with Crippen LogP contribution in [-0.4, -0.2) is 23.7 Å². The van der Waals surface area contributed by atoms with Gasteiger partial charge < -0.3 is 15.2 Å². The number of nitrogens with one attached hydrogen (secondary N) is 2. The molecule has 1 fully saturated rings. The topological polar surface area (TPSA) is 87.7 Å². The average molecular weight is 236 g/mol. The molecule has 0 aromatic heterocycles. The van der Waals surface area contributed by atoms with Crippen molar-refractivity contribution < 1.29 is 19.4 Å². The predicted molar refractivity (Wildman–Crippen MR) is 58.7 cm³/mol. The summed E-state index contributed by atoms with van der Waals surface area (Å²) in [5, 5.41) is 14.1. The van der Waals surface area contributed by atoms with Gasteiger partial charge in [-0.3, -0.25) is 10.1 Å². The van der Waals surface area contributed by atoms with E-state index in [0.29, 0.717) is 17.9 Å². The Morgan fingerprint density at radius 3 is 2.76 bits per heavy atom. The molecule has 0 bridgehead atoms. The highest BCUT2D eigenvalue weighted by Crippen LogP contribution is 2.30. The molecule has 2 rings (SSSR count). The van der Waals surface area contributed by atoms with E-state index >= 15 is 0 Å². The maximum atomic E-state index is 11.4. The van der Waals surface area contributed by atoms with Gasteiger partial charge in [0.1, 0.15) is 6.04 Å². The third kappa shape index (κ3) is 2.15. The molecule has 3 amide bonds. The summed E-state index contributed by atoms with van der Waals surface area (Å²) in [4.78, 5) is 22.4. The molecule has 17 heavy (non-hydrogen) atoms. The highest BCUT2D eigenvalue weighted by Gasteiger charge is 2.31. The fraction of sp³-hybridized carbons (Fsp3) is 0.273. The highest BCUT2D eigenvalue weighted by atomic mass is 16.5. The average Bonchev–Trinajstić information content (AvgIpc) is 2.61. The third-order valence-corrected chi connectivity index (χ3v) is 2.39. The third-order valence-electron chi connectivity index (χ3n) is 2.39. The number of imide groups is 1. The molecule has 1 heterocycles. The fourth-order valence-corrected chi connectivity index (χ4v) is 1.63. The lowest BCUT2D eigenvalue weighted by Gasteiger charge is -2.11. The van der Waals surface area contributed by atoms with Crippen LogP contribution in [0.15, 0.2) is 18.2 Å². The normalized spacial score (nSPS) is 18.8. The number of rotatable bonds is 3. The number of ether oxygens (including phenoxy) is 1. The molecule has 1 atom stereocenters. The molecule has 1 aromatic rings. The molecule has 0 spiro atoms. The lowest BCUT2D eigenvalue weighted by atomic mass is 10.1. The van der Waals surface area contributed by atoms with Crippen LogP contribution in [-0.2, 0) is 4.79 Å². The second-order valence-electron chi connectivity index (χ2n) is 3.56. The van der Waals surface area contributed by atoms with E-state index in [1.165, 1.54) is 12.1 Å². The number of carbonyl (C=O) groups excluding carboxylic acids is 2. The van der Waals surface area contributed by atoms with Gasteiger partial charge in [-0.2, -0.15) is 0 Å². The SMILES string of the molecule is CCOc1cc([C@H]2NC(=O)NC2=O)ccc1O. The monoisotopic (exact) mass is 236 g/mol. The molecule has 1 aliphatic rings. The van der Waals surface area contributed by atoms with Gasteiger partial charge in [-0.15, -0.1) is 0 Å². The van der Waals surface area contributed by atoms with Gasteiger partial charge in [-0.1, -0.05) is 6.07 Å². The van der Waals surface area contributed by atoms with E-state index < -0.39 is 18.0 Å². The molecule has 0 unspecified atom stereocenters. The van der Waals surface area contributed by atoms with Crippen LogP contribution in [0, 0.1) is 0 Å². The number of aromatic hydroxyl groups is 1. The van der Waals surface area contributed by atoms with E-state index in [0.717, 1.165) is 0 Å². The van der Waals surface area contributed by atoms with Crippen molar-refractivity contribution in [3.63, 3.8) is 0 Å². The van der Waals surface area contributed by atoms with Crippen LogP contribution >= 0.6 is 0 Å². The Morgan fingerprint density at radius 2 is 2.18 bits per heavy atom. The summed E-state index contributed by atoms with van der Waals surface area (Å²) in [6, 6.07) is 3.27. The van der Waals surface area contributed by atoms with Crippen LogP contribution in [0.4, 0.5) is 4.79 Å². The van der Waals surface area contributed by atoms with Crippen molar-refractivity contribution in [2.45, 2.75) is 13.0 Å². The van der Waals surface area contributed by atoms with E-state index in [-0.39, 0.29) is 5.75 Å². The van der Waals surface area contributed by atoms with Gasteiger partial charge in [-0.05, 0) is 24.6 Å². The van der Waals surface area contributed by atoms with E-state index in [9.17, 15) is 14.7 Å². The molecular weight excluding hydrogens is 224 g/mol. The Morgan fingerprint density at radius 1 is 1.41 bits per heavy atom. The Balaban J connectivity index is 2.30. The Hall–Kier alpha value is -2.24. The van der Waals surface area contributed by atoms with Gasteiger partial charge in [0.2, 0.25) is 0 Å². The number of benzene rings is 1. The molecule has 0 saturated carbocycles. The minimum Gasteiger partial charge on any atom is -0.504 e. The first-order valence-corrected chi connectivity index (χ1v) is 5.19. The number of amides is 3. The molecule has 6 heteroatoms. The number of hydrogen-bond acceptors (Lipinski definition) is 4. The van der Waals surface area contributed by atoms with Crippen LogP contribution in [0.25, 0.3) is 0 Å². The zero-order chi connectivity index (χ0) is 12.4. The summed E-state index contributed by atoms with van der Waals surface area (Å²) in [5.74, 6) is -0.123. The lowest BCUT2D eigenvalue weighted by Crippen LogP contribution is -2.22. The van der Waals surface area contributed by atoms with Gasteiger partial charge >= 0.3 is 6.03 Å². The summed E-state index contributed by atoms with van der Waals surface area (Å²) in [6.45, 7) is 2.19. The Kier molecular flexibility index (Phi) is 2.86. The second-order valence-corrected chi connectivity index (χ2v) is 3.56. The minimum atomic E-state index is -0.734. The first-order chi connectivity index (χ1) is 8.11. The van der Waals surface area contributed by atoms with Crippen LogP contribution in [0.1, 0.15) is 18.5 Å². The highest BCUT2D eigenvalue weighted by molar-refractivity contribution is 6.04. The largest absolute Gasteiger partial charge is 0.504 e. The van der Waals surface area contributed by atoms with Gasteiger partial charge in [0.15, 0.2) is 11.5 Å². The predicted octanol–water partition coefficient (Wildman–Crippen LogP) is 0.671. The number of carbonyl (C=O) groups is 2. The van der Waals surface area contributed by atoms with E-state index in [1.807, 2.05) is 0 Å². The van der Waals surface area contributed by atoms with Crippen molar-refractivity contribution in [2.75, 3.05) is 6.61 Å². The van der Waals surface area contributed by atoms with Crippen molar-refractivity contribution >= 4 is 11.9 Å². The van der Waals surface area contributed by atoms with Crippen LogP contribution in [0.5, 0.6) is 11.5 Å². The zero-order valence-corrected chi connectivity index (χ0v) is 9.19. The van der Waals surface area contributed by atoms with E-state index in [2.05, 4.69) is 10.6 Å². The molecule has 1 saturated heterocycles. The lowest BCUT2D eigenvalue weighted by molar-refractivity contribution is -0.120. The molecule has 0 aliphatic carbocycles. The standard InChI is InChI=1S/C11H12N2O4/c1-2-17-8-5-6(3-4-7(8)14)9-10(15)13-11(16)12-9/h3-5,9,14H,2H2,1H3,(H2,12,13,15,16)/t9-/m1/s1. The maximum absolute atomic E-state index is 11.4. The Labute approximate surface area is 97.6 Å². The summed E-state index contributed by atoms with van der Waals surface area (Å²) < 4.78 is 5.20. The van der Waals surface area contributed by atoms with Gasteiger partial charge in [0, 0.05) is 0 Å². The summed E-state index contributed by atoms with van der Waals surface area (Å²) in [7, 11) is 0. The molecule has 1 aromatic carbocycles. The first kappa shape index (κ1) is 11.3. The second kappa shape index (κ2) is 4.32. The number of phenols is 1. The fourth-order valence-electron chi connectivity index (χ4n) is 1.63. The van der Waals surface area contributed by atoms with Crippen molar-refractivity contribution in [3.05, 3.63) is 23.8 Å². The Bertz CT molecular complexity index is 473. The molecule has 3 N–H and O–H groups in total. The van der Waals surface area contributed by atoms with Crippen LogP contribution in [0.3, 0.4) is 0 Å². The maximum Gasteiger partial charge on any atom is 0.322 e. The van der Waals surface area contributed by atoms with E-state index in [1.54, 1.807) is 13.0 Å². The number of hydrogen-bond donors (Lipinski definition) is 3. The molecule has 6 nitrogen and oxygen atoms in total. The van der Waals surface area contributed by atoms with Gasteiger partial charge in [0.25, 0.3) is 5.91 Å². The first-order valence-electron chi connectivity index (χ1n) is 5.19. The molecule has 90 valence electrons. The summed E-state index contributed by atoms with van der Waals surface area (Å²) in [5.41, 5.74) is 0.564. The number of urea groups is 1. The minimum absolute atomic E-state index is 0.000307. The summed E-state index contributed by atoms with van der Waals surface area (Å²) in [6.07, 6.45) is 0. The molecular formula is C11H12N2O4. The zero-order valence-electron chi connectivity index (χ0n) is 9.19. The van der Waals surface area contributed by atoms with Crippen molar-refractivity contribution in [1.29, 1.82) is 0 Å². The van der Waals surface area contributed by atoms with Crippen molar-refractivity contribution in [2.24, 2.45) is 0 Å². The van der Waals surface area contributed by atoms with Crippen LogP contribution < -0.4 is 15.4 Å². The van der Waals surface area contributed by atoms with Crippen molar-refractivity contribution in [3.8, 4) is 11.5 Å².